The number of carbonyl (C=O) groups excluding carboxylic acids is 1. The lowest BCUT2D eigenvalue weighted by Crippen LogP contribution is -2.22. The first kappa shape index (κ1) is 17.9. The van der Waals surface area contributed by atoms with Crippen molar-refractivity contribution >= 4 is 40.0 Å². The van der Waals surface area contributed by atoms with Crippen LogP contribution in [0.5, 0.6) is 0 Å². The van der Waals surface area contributed by atoms with E-state index in [0.29, 0.717) is 11.4 Å². The normalized spacial score (nSPS) is 11.6. The summed E-state index contributed by atoms with van der Waals surface area (Å²) in [5.41, 5.74) is 0.875. The van der Waals surface area contributed by atoms with E-state index in [-0.39, 0.29) is 21.8 Å². The summed E-state index contributed by atoms with van der Waals surface area (Å²) in [7, 11) is 0. The molecule has 2 heterocycles. The first-order valence-corrected chi connectivity index (χ1v) is 8.73. The molecule has 2 aromatic carbocycles. The fraction of sp³-hybridized carbons (Fsp3) is 0. The Bertz CT molecular complexity index is 1240. The Labute approximate surface area is 164 Å². The molecule has 0 atom stereocenters. The number of carbonyl (C=O) groups is 1. The lowest BCUT2D eigenvalue weighted by Gasteiger charge is -2.06. The van der Waals surface area contributed by atoms with Crippen molar-refractivity contribution in [3.8, 4) is 0 Å². The van der Waals surface area contributed by atoms with Crippen LogP contribution < -0.4 is 10.9 Å². The summed E-state index contributed by atoms with van der Waals surface area (Å²) in [6, 6.07) is 17.8. The topological polar surface area (TPSA) is 67.5 Å². The zero-order valence-corrected chi connectivity index (χ0v) is 15.2. The van der Waals surface area contributed by atoms with Gasteiger partial charge < -0.3 is 9.73 Å². The molecular weight excluding hydrogens is 381 g/mol. The molecule has 0 unspecified atom stereocenters. The molecule has 1 N–H and O–H groups in total. The van der Waals surface area contributed by atoms with Gasteiger partial charge in [0.05, 0.1) is 10.7 Å². The molecule has 0 fully saturated rings. The van der Waals surface area contributed by atoms with Gasteiger partial charge in [0.25, 0.3) is 5.91 Å². The lowest BCUT2D eigenvalue weighted by atomic mass is 10.1. The summed E-state index contributed by atoms with van der Waals surface area (Å²) >= 11 is 6.11. The lowest BCUT2D eigenvalue weighted by molar-refractivity contribution is 0.102. The van der Waals surface area contributed by atoms with Gasteiger partial charge in [-0.05, 0) is 36.4 Å². The van der Waals surface area contributed by atoms with Crippen LogP contribution in [-0.4, -0.2) is 10.9 Å². The Morgan fingerprint density at radius 1 is 1.07 bits per heavy atom. The van der Waals surface area contributed by atoms with Crippen LogP contribution in [0.25, 0.3) is 11.0 Å². The van der Waals surface area contributed by atoms with Gasteiger partial charge in [0.15, 0.2) is 0 Å². The Balaban J connectivity index is 1.88. The molecule has 5 nitrogen and oxygen atoms in total. The van der Waals surface area contributed by atoms with Gasteiger partial charge in [-0.2, -0.15) is 0 Å². The van der Waals surface area contributed by atoms with Crippen molar-refractivity contribution in [1.29, 1.82) is 0 Å². The van der Waals surface area contributed by atoms with Gasteiger partial charge in [-0.15, -0.1) is 0 Å². The maximum absolute atomic E-state index is 13.6. The monoisotopic (exact) mass is 393 g/mol. The van der Waals surface area contributed by atoms with Crippen molar-refractivity contribution in [1.82, 2.24) is 4.98 Å². The fourth-order valence-electron chi connectivity index (χ4n) is 2.62. The number of benzene rings is 2. The highest BCUT2D eigenvalue weighted by Gasteiger charge is 2.14. The van der Waals surface area contributed by atoms with E-state index in [1.54, 1.807) is 42.6 Å². The third kappa shape index (κ3) is 3.77. The van der Waals surface area contributed by atoms with Crippen molar-refractivity contribution in [2.24, 2.45) is 4.99 Å². The number of nitrogens with zero attached hydrogens (tertiary/aromatic N) is 2. The summed E-state index contributed by atoms with van der Waals surface area (Å²) < 4.78 is 19.4. The Kier molecular flexibility index (Phi) is 4.87. The van der Waals surface area contributed by atoms with E-state index in [2.05, 4.69) is 15.3 Å². The van der Waals surface area contributed by atoms with E-state index in [9.17, 15) is 9.18 Å². The van der Waals surface area contributed by atoms with Gasteiger partial charge in [-0.3, -0.25) is 4.79 Å². The minimum absolute atomic E-state index is 0.0135. The summed E-state index contributed by atoms with van der Waals surface area (Å²) in [5.74, 6) is -0.571. The molecule has 4 aromatic rings. The molecule has 4 rings (SSSR count). The number of fused-ring (bicyclic) bond motifs is 1. The summed E-state index contributed by atoms with van der Waals surface area (Å²) in [6.07, 6.45) is 1.57. The van der Waals surface area contributed by atoms with Gasteiger partial charge in [0.2, 0.25) is 5.55 Å². The minimum atomic E-state index is -0.497. The molecule has 0 saturated carbocycles. The van der Waals surface area contributed by atoms with Crippen LogP contribution in [0.2, 0.25) is 5.02 Å². The average Bonchev–Trinajstić information content (AvgIpc) is 2.71. The Hall–Kier alpha value is -3.51. The van der Waals surface area contributed by atoms with Gasteiger partial charge in [0.1, 0.15) is 22.8 Å². The Morgan fingerprint density at radius 3 is 2.71 bits per heavy atom. The predicted molar refractivity (Wildman–Crippen MR) is 105 cm³/mol. The van der Waals surface area contributed by atoms with Crippen LogP contribution in [0.1, 0.15) is 10.4 Å². The van der Waals surface area contributed by atoms with Gasteiger partial charge in [-0.25, -0.2) is 14.4 Å². The van der Waals surface area contributed by atoms with Crippen LogP contribution in [0.3, 0.4) is 0 Å². The molecule has 0 saturated heterocycles. The summed E-state index contributed by atoms with van der Waals surface area (Å²) in [5, 5.41) is 3.66. The number of halogens is 2. The van der Waals surface area contributed by atoms with Crippen molar-refractivity contribution in [2.45, 2.75) is 0 Å². The van der Waals surface area contributed by atoms with Crippen molar-refractivity contribution in [2.75, 3.05) is 5.32 Å². The van der Waals surface area contributed by atoms with Gasteiger partial charge in [-0.1, -0.05) is 35.9 Å². The van der Waals surface area contributed by atoms with E-state index in [4.69, 9.17) is 16.0 Å². The zero-order chi connectivity index (χ0) is 19.5. The van der Waals surface area contributed by atoms with Crippen molar-refractivity contribution in [3.05, 3.63) is 94.9 Å². The standard InChI is InChI=1S/C21H13ClFN3O2/c22-16-9-8-14(23)12-17(16)25-21-15(11-13-5-1-2-6-18(13)28-21)20(27)26-19-7-3-4-10-24-19/h1-12H,(H,24,26,27). The number of anilines is 1. The van der Waals surface area contributed by atoms with E-state index >= 15 is 0 Å². The fourth-order valence-corrected chi connectivity index (χ4v) is 2.78. The molecule has 0 bridgehead atoms. The van der Waals surface area contributed by atoms with Crippen molar-refractivity contribution < 1.29 is 13.6 Å². The maximum Gasteiger partial charge on any atom is 0.262 e. The highest BCUT2D eigenvalue weighted by Crippen LogP contribution is 2.25. The number of hydrogen-bond donors (Lipinski definition) is 1. The smallest absolute Gasteiger partial charge is 0.262 e. The molecular formula is C21H13ClFN3O2. The molecule has 0 spiro atoms. The summed E-state index contributed by atoms with van der Waals surface area (Å²) in [4.78, 5) is 21.2. The van der Waals surface area contributed by atoms with E-state index < -0.39 is 11.7 Å². The van der Waals surface area contributed by atoms with E-state index in [0.717, 1.165) is 5.39 Å². The maximum atomic E-state index is 13.6. The second-order valence-electron chi connectivity index (χ2n) is 5.88. The third-order valence-electron chi connectivity index (χ3n) is 3.94. The second kappa shape index (κ2) is 7.62. The molecule has 0 aliphatic heterocycles. The van der Waals surface area contributed by atoms with Gasteiger partial charge in [0, 0.05) is 17.6 Å². The van der Waals surface area contributed by atoms with Crippen LogP contribution >= 0.6 is 11.6 Å². The van der Waals surface area contributed by atoms with Crippen LogP contribution in [0.4, 0.5) is 15.9 Å². The highest BCUT2D eigenvalue weighted by atomic mass is 35.5. The molecule has 7 heteroatoms. The van der Waals surface area contributed by atoms with Crippen LogP contribution in [0.15, 0.2) is 82.3 Å². The van der Waals surface area contributed by atoms with Crippen LogP contribution in [0, 0.1) is 5.82 Å². The first-order valence-electron chi connectivity index (χ1n) is 8.35. The van der Waals surface area contributed by atoms with E-state index in [1.165, 1.54) is 18.2 Å². The third-order valence-corrected chi connectivity index (χ3v) is 4.26. The molecule has 0 aliphatic rings. The molecule has 0 aliphatic carbocycles. The zero-order valence-electron chi connectivity index (χ0n) is 14.4. The average molecular weight is 394 g/mol. The first-order chi connectivity index (χ1) is 13.6. The molecule has 2 aromatic heterocycles. The van der Waals surface area contributed by atoms with Gasteiger partial charge >= 0.3 is 0 Å². The minimum Gasteiger partial charge on any atom is -0.438 e. The summed E-state index contributed by atoms with van der Waals surface area (Å²) in [6.45, 7) is 0. The number of rotatable bonds is 3. The molecule has 28 heavy (non-hydrogen) atoms. The van der Waals surface area contributed by atoms with E-state index in [1.807, 2.05) is 12.1 Å². The number of nitrogens with one attached hydrogen (secondary N) is 1. The highest BCUT2D eigenvalue weighted by molar-refractivity contribution is 6.32. The Morgan fingerprint density at radius 2 is 1.89 bits per heavy atom. The van der Waals surface area contributed by atoms with Crippen molar-refractivity contribution in [3.63, 3.8) is 0 Å². The number of para-hydroxylation sites is 1. The predicted octanol–water partition coefficient (Wildman–Crippen LogP) is 5.11. The molecule has 1 amide bonds. The number of aromatic nitrogens is 1. The number of pyridine rings is 1. The second-order valence-corrected chi connectivity index (χ2v) is 6.29. The molecule has 0 radical (unpaired) electrons. The quantitative estimate of drug-likeness (QED) is 0.526. The number of hydrogen-bond acceptors (Lipinski definition) is 4. The SMILES string of the molecule is O=C(Nc1ccccn1)c1cc2ccccc2oc1=Nc1cc(F)ccc1Cl. The van der Waals surface area contributed by atoms with Crippen LogP contribution in [-0.2, 0) is 0 Å². The largest absolute Gasteiger partial charge is 0.438 e. The number of amides is 1. The molecule has 138 valence electrons.